The number of carbonyl (C=O) groups excluding carboxylic acids is 2. The molecule has 36 heavy (non-hydrogen) atoms. The van der Waals surface area contributed by atoms with Crippen molar-refractivity contribution in [1.82, 2.24) is 5.01 Å². The van der Waals surface area contributed by atoms with Crippen LogP contribution in [0.25, 0.3) is 0 Å². The minimum absolute atomic E-state index is 0.00451. The molecule has 0 spiro atoms. The van der Waals surface area contributed by atoms with Crippen molar-refractivity contribution in [3.05, 3.63) is 117 Å². The summed E-state index contributed by atoms with van der Waals surface area (Å²) in [6, 6.07) is 17.3. The molecule has 0 unspecified atom stereocenters. The van der Waals surface area contributed by atoms with E-state index in [9.17, 15) is 19.1 Å². The third-order valence-electron chi connectivity index (χ3n) is 6.95. The Morgan fingerprint density at radius 1 is 1.11 bits per heavy atom. The van der Waals surface area contributed by atoms with Crippen LogP contribution in [0.3, 0.4) is 0 Å². The van der Waals surface area contributed by atoms with Crippen LogP contribution in [0.1, 0.15) is 23.5 Å². The number of nitrogens with zero attached hydrogens (tertiary/aromatic N) is 1. The molecular formula is C28H21BrClFN2O3. The van der Waals surface area contributed by atoms with Crippen molar-refractivity contribution in [2.45, 2.75) is 17.8 Å². The number of hydrogen-bond acceptors (Lipinski definition) is 4. The Hall–Kier alpha value is -3.42. The molecular weight excluding hydrogens is 547 g/mol. The summed E-state index contributed by atoms with van der Waals surface area (Å²) in [5.74, 6) is -2.83. The second-order valence-corrected chi connectivity index (χ2v) is 10.2. The van der Waals surface area contributed by atoms with Crippen molar-refractivity contribution < 1.29 is 19.1 Å². The van der Waals surface area contributed by atoms with E-state index in [-0.39, 0.29) is 5.75 Å². The number of benzene rings is 3. The largest absolute Gasteiger partial charge is 0.508 e. The van der Waals surface area contributed by atoms with Gasteiger partial charge in [-0.2, -0.15) is 5.01 Å². The van der Waals surface area contributed by atoms with Crippen molar-refractivity contribution in [3.63, 3.8) is 0 Å². The molecule has 2 N–H and O–H groups in total. The standard InChI is InChI=1S/C28H21BrClFN2O3/c1-2-16-3-13-23-26(35)33(32-21-11-9-20(31)10-12-21)27(36)28(23,17-4-7-19(30)8-5-17)25(16)22-15-18(29)6-14-24(22)34/h2-12,14-15,23,25,32,34H,1,13H2/t23-,25+,28+/m0/s1. The lowest BCUT2D eigenvalue weighted by molar-refractivity contribution is -0.138. The van der Waals surface area contributed by atoms with Crippen LogP contribution >= 0.6 is 27.5 Å². The van der Waals surface area contributed by atoms with Crippen LogP contribution < -0.4 is 5.43 Å². The third-order valence-corrected chi connectivity index (χ3v) is 7.69. The summed E-state index contributed by atoms with van der Waals surface area (Å²) >= 11 is 9.65. The van der Waals surface area contributed by atoms with Crippen molar-refractivity contribution in [3.8, 4) is 5.75 Å². The van der Waals surface area contributed by atoms with Gasteiger partial charge in [0.15, 0.2) is 0 Å². The summed E-state index contributed by atoms with van der Waals surface area (Å²) < 4.78 is 14.2. The van der Waals surface area contributed by atoms with E-state index in [0.717, 1.165) is 10.6 Å². The van der Waals surface area contributed by atoms with Gasteiger partial charge in [0, 0.05) is 21.0 Å². The number of nitrogens with one attached hydrogen (secondary N) is 1. The smallest absolute Gasteiger partial charge is 0.260 e. The quantitative estimate of drug-likeness (QED) is 0.346. The Morgan fingerprint density at radius 3 is 2.47 bits per heavy atom. The lowest BCUT2D eigenvalue weighted by Crippen LogP contribution is -2.48. The zero-order chi connectivity index (χ0) is 25.6. The molecule has 8 heteroatoms. The highest BCUT2D eigenvalue weighted by atomic mass is 79.9. The highest BCUT2D eigenvalue weighted by molar-refractivity contribution is 9.10. The van der Waals surface area contributed by atoms with Gasteiger partial charge >= 0.3 is 0 Å². The second kappa shape index (κ2) is 9.22. The highest BCUT2D eigenvalue weighted by Gasteiger charge is 2.66. The first kappa shape index (κ1) is 24.3. The first-order valence-corrected chi connectivity index (χ1v) is 12.4. The Labute approximate surface area is 221 Å². The van der Waals surface area contributed by atoms with E-state index in [1.807, 2.05) is 6.08 Å². The molecule has 1 fully saturated rings. The van der Waals surface area contributed by atoms with Gasteiger partial charge in [0.1, 0.15) is 11.6 Å². The molecule has 0 aromatic heterocycles. The monoisotopic (exact) mass is 566 g/mol. The molecule has 1 heterocycles. The first-order chi connectivity index (χ1) is 17.3. The van der Waals surface area contributed by atoms with Gasteiger partial charge < -0.3 is 5.11 Å². The van der Waals surface area contributed by atoms with Crippen LogP contribution in [0.4, 0.5) is 10.1 Å². The number of rotatable bonds is 5. The van der Waals surface area contributed by atoms with E-state index < -0.39 is 34.9 Å². The lowest BCUT2D eigenvalue weighted by atomic mass is 9.56. The van der Waals surface area contributed by atoms with E-state index in [1.165, 1.54) is 24.3 Å². The average molecular weight is 568 g/mol. The van der Waals surface area contributed by atoms with Gasteiger partial charge in [-0.05, 0) is 72.2 Å². The number of halogens is 3. The lowest BCUT2D eigenvalue weighted by Gasteiger charge is -2.43. The molecule has 3 atom stereocenters. The zero-order valence-electron chi connectivity index (χ0n) is 18.9. The molecule has 5 nitrogen and oxygen atoms in total. The van der Waals surface area contributed by atoms with Gasteiger partial charge in [-0.3, -0.25) is 15.0 Å². The molecule has 3 aromatic rings. The fourth-order valence-corrected chi connectivity index (χ4v) is 5.89. The molecule has 1 aliphatic heterocycles. The predicted octanol–water partition coefficient (Wildman–Crippen LogP) is 6.50. The van der Waals surface area contributed by atoms with E-state index in [4.69, 9.17) is 11.6 Å². The summed E-state index contributed by atoms with van der Waals surface area (Å²) in [6.07, 6.45) is 3.84. The second-order valence-electron chi connectivity index (χ2n) is 8.81. The summed E-state index contributed by atoms with van der Waals surface area (Å²) in [6.45, 7) is 3.96. The minimum atomic E-state index is -1.40. The fraction of sp³-hybridized carbons (Fsp3) is 0.143. The molecule has 2 aliphatic rings. The normalized spacial score (nSPS) is 23.3. The number of hydrazine groups is 1. The Bertz CT molecular complexity index is 1410. The third kappa shape index (κ3) is 3.74. The van der Waals surface area contributed by atoms with E-state index in [0.29, 0.717) is 32.7 Å². The number of imide groups is 1. The van der Waals surface area contributed by atoms with Crippen molar-refractivity contribution in [2.24, 2.45) is 5.92 Å². The van der Waals surface area contributed by atoms with Crippen LogP contribution in [0, 0.1) is 11.7 Å². The first-order valence-electron chi connectivity index (χ1n) is 11.2. The average Bonchev–Trinajstić information content (AvgIpc) is 3.09. The molecule has 3 aromatic carbocycles. The van der Waals surface area contributed by atoms with Gasteiger partial charge in [0.2, 0.25) is 0 Å². The summed E-state index contributed by atoms with van der Waals surface area (Å²) in [5.41, 5.74) is 3.68. The van der Waals surface area contributed by atoms with E-state index in [1.54, 1.807) is 48.5 Å². The van der Waals surface area contributed by atoms with Crippen LogP contribution in [-0.2, 0) is 15.0 Å². The molecule has 0 bridgehead atoms. The van der Waals surface area contributed by atoms with E-state index >= 15 is 0 Å². The molecule has 1 aliphatic carbocycles. The van der Waals surface area contributed by atoms with Crippen LogP contribution in [0.15, 0.2) is 95.5 Å². The molecule has 0 radical (unpaired) electrons. The molecule has 5 rings (SSSR count). The molecule has 1 saturated heterocycles. The molecule has 182 valence electrons. The van der Waals surface area contributed by atoms with Gasteiger partial charge in [-0.1, -0.05) is 58.4 Å². The fourth-order valence-electron chi connectivity index (χ4n) is 5.39. The number of amides is 2. The summed E-state index contributed by atoms with van der Waals surface area (Å²) in [5, 5.41) is 12.4. The topological polar surface area (TPSA) is 69.6 Å². The van der Waals surface area contributed by atoms with Crippen LogP contribution in [-0.4, -0.2) is 21.9 Å². The SMILES string of the molecule is C=CC1=CC[C@H]2C(=O)N(Nc3ccc(F)cc3)C(=O)[C@@]2(c2ccc(Cl)cc2)[C@H]1c1cc(Br)ccc1O. The summed E-state index contributed by atoms with van der Waals surface area (Å²) in [7, 11) is 0. The minimum Gasteiger partial charge on any atom is -0.508 e. The van der Waals surface area contributed by atoms with Crippen molar-refractivity contribution in [1.29, 1.82) is 0 Å². The number of fused-ring (bicyclic) bond motifs is 1. The van der Waals surface area contributed by atoms with Crippen molar-refractivity contribution in [2.75, 3.05) is 5.43 Å². The molecule has 0 saturated carbocycles. The number of carbonyl (C=O) groups is 2. The van der Waals surface area contributed by atoms with E-state index in [2.05, 4.69) is 27.9 Å². The number of allylic oxidation sites excluding steroid dienone is 3. The summed E-state index contributed by atoms with van der Waals surface area (Å²) in [4.78, 5) is 28.3. The Balaban J connectivity index is 1.75. The number of phenolic OH excluding ortho intramolecular Hbond substituents is 1. The van der Waals surface area contributed by atoms with Crippen LogP contribution in [0.5, 0.6) is 5.75 Å². The van der Waals surface area contributed by atoms with Crippen LogP contribution in [0.2, 0.25) is 5.02 Å². The van der Waals surface area contributed by atoms with Gasteiger partial charge in [-0.25, -0.2) is 4.39 Å². The predicted molar refractivity (Wildman–Crippen MR) is 140 cm³/mol. The number of anilines is 1. The van der Waals surface area contributed by atoms with Gasteiger partial charge in [0.25, 0.3) is 11.8 Å². The Morgan fingerprint density at radius 2 is 1.81 bits per heavy atom. The number of aromatic hydroxyl groups is 1. The Kier molecular flexibility index (Phi) is 6.22. The van der Waals surface area contributed by atoms with Gasteiger partial charge in [-0.15, -0.1) is 0 Å². The maximum Gasteiger partial charge on any atom is 0.260 e. The van der Waals surface area contributed by atoms with Crippen molar-refractivity contribution >= 4 is 45.0 Å². The molecule has 2 amide bonds. The highest BCUT2D eigenvalue weighted by Crippen LogP contribution is 2.59. The zero-order valence-corrected chi connectivity index (χ0v) is 21.3. The maximum absolute atomic E-state index is 14.5. The number of phenols is 1. The van der Waals surface area contributed by atoms with Gasteiger partial charge in [0.05, 0.1) is 17.0 Å². The maximum atomic E-state index is 14.5. The number of hydrogen-bond donors (Lipinski definition) is 2.